The van der Waals surface area contributed by atoms with Crippen LogP contribution in [0, 0.1) is 6.92 Å². The first-order chi connectivity index (χ1) is 11.8. The Hall–Kier alpha value is -2.33. The van der Waals surface area contributed by atoms with Gasteiger partial charge in [-0.15, -0.1) is 5.10 Å². The Kier molecular flexibility index (Phi) is 4.82. The maximum atomic E-state index is 12.3. The van der Waals surface area contributed by atoms with Crippen molar-refractivity contribution in [3.05, 3.63) is 30.1 Å². The van der Waals surface area contributed by atoms with E-state index in [0.717, 1.165) is 5.69 Å². The molecule has 2 aromatic rings. The number of anilines is 1. The van der Waals surface area contributed by atoms with Gasteiger partial charge in [0.2, 0.25) is 5.91 Å². The Bertz CT molecular complexity index is 879. The third-order valence-electron chi connectivity index (χ3n) is 4.22. The molecule has 0 radical (unpaired) electrons. The number of benzene rings is 1. The molecule has 1 aromatic carbocycles. The highest BCUT2D eigenvalue weighted by molar-refractivity contribution is 7.91. The third kappa shape index (κ3) is 4.20. The predicted octanol–water partition coefficient (Wildman–Crippen LogP) is 0.0281. The first kappa shape index (κ1) is 17.5. The number of nitrogens with zero attached hydrogens (tertiary/aromatic N) is 5. The summed E-state index contributed by atoms with van der Waals surface area (Å²) in [6.45, 7) is 1.92. The van der Waals surface area contributed by atoms with Crippen molar-refractivity contribution in [1.29, 1.82) is 0 Å². The molecular weight excluding hydrogens is 344 g/mol. The lowest BCUT2D eigenvalue weighted by atomic mass is 10.2. The molecule has 1 atom stereocenters. The molecule has 1 saturated heterocycles. The van der Waals surface area contributed by atoms with Gasteiger partial charge in [-0.3, -0.25) is 9.69 Å². The molecule has 0 aliphatic carbocycles. The van der Waals surface area contributed by atoms with Crippen LogP contribution < -0.4 is 5.32 Å². The number of carbonyl (C=O) groups excluding carboxylic acids is 1. The average Bonchev–Trinajstić information content (AvgIpc) is 3.12. The summed E-state index contributed by atoms with van der Waals surface area (Å²) in [5, 5.41) is 14.2. The maximum absolute atomic E-state index is 12.3. The molecule has 1 N–H and O–H groups in total. The highest BCUT2D eigenvalue weighted by atomic mass is 32.2. The van der Waals surface area contributed by atoms with Crippen LogP contribution in [0.2, 0.25) is 0 Å². The average molecular weight is 364 g/mol. The summed E-state index contributed by atoms with van der Waals surface area (Å²) in [5.74, 6) is 0.755. The van der Waals surface area contributed by atoms with Crippen molar-refractivity contribution < 1.29 is 13.2 Å². The van der Waals surface area contributed by atoms with Crippen LogP contribution in [-0.4, -0.2) is 70.6 Å². The Morgan fingerprint density at radius 3 is 2.88 bits per heavy atom. The first-order valence-corrected chi connectivity index (χ1v) is 9.72. The molecule has 1 fully saturated rings. The molecule has 0 saturated carbocycles. The smallest absolute Gasteiger partial charge is 0.238 e. The van der Waals surface area contributed by atoms with Crippen molar-refractivity contribution in [1.82, 2.24) is 25.1 Å². The van der Waals surface area contributed by atoms with Gasteiger partial charge < -0.3 is 5.32 Å². The van der Waals surface area contributed by atoms with Gasteiger partial charge in [0.05, 0.1) is 23.7 Å². The van der Waals surface area contributed by atoms with E-state index in [9.17, 15) is 13.2 Å². The number of amides is 1. The molecule has 2 heterocycles. The number of carbonyl (C=O) groups is 1. The predicted molar refractivity (Wildman–Crippen MR) is 92.2 cm³/mol. The van der Waals surface area contributed by atoms with Crippen molar-refractivity contribution in [2.45, 2.75) is 19.4 Å². The highest BCUT2D eigenvalue weighted by Gasteiger charge is 2.31. The summed E-state index contributed by atoms with van der Waals surface area (Å²) in [6.07, 6.45) is 0.570. The number of likely N-dealkylation sites (N-methyl/N-ethyl adjacent to an activating group) is 1. The Balaban J connectivity index is 1.63. The molecule has 25 heavy (non-hydrogen) atoms. The largest absolute Gasteiger partial charge is 0.325 e. The van der Waals surface area contributed by atoms with E-state index in [1.165, 1.54) is 0 Å². The van der Waals surface area contributed by atoms with Gasteiger partial charge in [0.15, 0.2) is 15.7 Å². The van der Waals surface area contributed by atoms with Crippen molar-refractivity contribution in [3.63, 3.8) is 0 Å². The van der Waals surface area contributed by atoms with Crippen molar-refractivity contribution in [3.8, 4) is 5.69 Å². The van der Waals surface area contributed by atoms with Crippen molar-refractivity contribution >= 4 is 21.4 Å². The Morgan fingerprint density at radius 1 is 1.44 bits per heavy atom. The van der Waals surface area contributed by atoms with Crippen molar-refractivity contribution in [2.75, 3.05) is 30.4 Å². The van der Waals surface area contributed by atoms with Gasteiger partial charge in [0.25, 0.3) is 0 Å². The normalized spacial score (nSPS) is 19.2. The van der Waals surface area contributed by atoms with E-state index in [-0.39, 0.29) is 30.0 Å². The molecule has 1 aliphatic heterocycles. The van der Waals surface area contributed by atoms with Gasteiger partial charge >= 0.3 is 0 Å². The summed E-state index contributed by atoms with van der Waals surface area (Å²) >= 11 is 0. The van der Waals surface area contributed by atoms with Crippen LogP contribution in [-0.2, 0) is 14.6 Å². The summed E-state index contributed by atoms with van der Waals surface area (Å²) in [6, 6.07) is 7.10. The molecule has 3 rings (SSSR count). The Morgan fingerprint density at radius 2 is 2.24 bits per heavy atom. The van der Waals surface area contributed by atoms with Crippen LogP contribution in [0.5, 0.6) is 0 Å². The molecule has 0 bridgehead atoms. The summed E-state index contributed by atoms with van der Waals surface area (Å²) < 4.78 is 24.7. The lowest BCUT2D eigenvalue weighted by Gasteiger charge is -2.22. The van der Waals surface area contributed by atoms with Gasteiger partial charge in [0, 0.05) is 11.7 Å². The molecule has 9 nitrogen and oxygen atoms in total. The van der Waals surface area contributed by atoms with E-state index in [0.29, 0.717) is 17.9 Å². The Labute approximate surface area is 145 Å². The first-order valence-electron chi connectivity index (χ1n) is 7.90. The zero-order chi connectivity index (χ0) is 18.0. The van der Waals surface area contributed by atoms with Crippen molar-refractivity contribution in [2.24, 2.45) is 0 Å². The fourth-order valence-corrected chi connectivity index (χ4v) is 4.67. The zero-order valence-corrected chi connectivity index (χ0v) is 14.9. The summed E-state index contributed by atoms with van der Waals surface area (Å²) in [7, 11) is -1.20. The summed E-state index contributed by atoms with van der Waals surface area (Å²) in [5.41, 5.74) is 1.38. The van der Waals surface area contributed by atoms with Crippen LogP contribution in [0.15, 0.2) is 24.3 Å². The lowest BCUT2D eigenvalue weighted by Crippen LogP contribution is -2.38. The van der Waals surface area contributed by atoms with Gasteiger partial charge in [-0.1, -0.05) is 6.07 Å². The number of hydrogen-bond donors (Lipinski definition) is 1. The van der Waals surface area contributed by atoms with Crippen LogP contribution in [0.1, 0.15) is 12.2 Å². The number of rotatable bonds is 5. The number of hydrogen-bond acceptors (Lipinski definition) is 7. The fourth-order valence-electron chi connectivity index (χ4n) is 2.86. The van der Waals surface area contributed by atoms with E-state index in [4.69, 9.17) is 0 Å². The quantitative estimate of drug-likeness (QED) is 0.797. The van der Waals surface area contributed by atoms with E-state index in [2.05, 4.69) is 20.8 Å². The number of sulfone groups is 1. The SMILES string of the molecule is Cc1nnnn1-c1cccc(NC(=O)CN(C)C2CCS(=O)(=O)C2)c1. The monoisotopic (exact) mass is 364 g/mol. The van der Waals surface area contributed by atoms with Gasteiger partial charge in [-0.05, 0) is 49.0 Å². The number of aryl methyl sites for hydroxylation is 1. The molecule has 134 valence electrons. The third-order valence-corrected chi connectivity index (χ3v) is 5.97. The molecule has 0 spiro atoms. The van der Waals surface area contributed by atoms with Crippen LogP contribution in [0.3, 0.4) is 0 Å². The molecule has 1 aliphatic rings. The number of tetrazole rings is 1. The molecule has 1 amide bonds. The molecule has 1 unspecified atom stereocenters. The van der Waals surface area contributed by atoms with Gasteiger partial charge in [-0.25, -0.2) is 8.42 Å². The second-order valence-electron chi connectivity index (χ2n) is 6.21. The fraction of sp³-hybridized carbons (Fsp3) is 0.467. The molecule has 10 heteroatoms. The minimum atomic E-state index is -2.96. The molecule has 1 aromatic heterocycles. The minimum absolute atomic E-state index is 0.106. The number of nitrogens with one attached hydrogen (secondary N) is 1. The minimum Gasteiger partial charge on any atom is -0.325 e. The topological polar surface area (TPSA) is 110 Å². The number of aromatic nitrogens is 4. The zero-order valence-electron chi connectivity index (χ0n) is 14.1. The van der Waals surface area contributed by atoms with E-state index in [1.807, 2.05) is 6.07 Å². The van der Waals surface area contributed by atoms with E-state index < -0.39 is 9.84 Å². The van der Waals surface area contributed by atoms with E-state index in [1.54, 1.807) is 41.8 Å². The second kappa shape index (κ2) is 6.89. The second-order valence-corrected chi connectivity index (χ2v) is 8.44. The van der Waals surface area contributed by atoms with Crippen LogP contribution in [0.4, 0.5) is 5.69 Å². The van der Waals surface area contributed by atoms with Gasteiger partial charge in [0.1, 0.15) is 0 Å². The van der Waals surface area contributed by atoms with Crippen LogP contribution in [0.25, 0.3) is 5.69 Å². The summed E-state index contributed by atoms with van der Waals surface area (Å²) in [4.78, 5) is 14.0. The molecular formula is C15H20N6O3S. The maximum Gasteiger partial charge on any atom is 0.238 e. The lowest BCUT2D eigenvalue weighted by molar-refractivity contribution is -0.117. The van der Waals surface area contributed by atoms with Gasteiger partial charge in [-0.2, -0.15) is 4.68 Å². The highest BCUT2D eigenvalue weighted by Crippen LogP contribution is 2.17. The van der Waals surface area contributed by atoms with Crippen LogP contribution >= 0.6 is 0 Å². The standard InChI is InChI=1S/C15H20N6O3S/c1-11-17-18-19-21(11)13-5-3-4-12(8-13)16-15(22)9-20(2)14-6-7-25(23,24)10-14/h3-5,8,14H,6-7,9-10H2,1-2H3,(H,16,22). The van der Waals surface area contributed by atoms with E-state index >= 15 is 0 Å².